The molecule has 4 nitrogen and oxygen atoms in total. The molecule has 9 heavy (non-hydrogen) atoms. The molecular formula is C5H6NO3. The van der Waals surface area contributed by atoms with E-state index < -0.39 is 5.78 Å². The zero-order valence-electron chi connectivity index (χ0n) is 4.61. The van der Waals surface area contributed by atoms with E-state index in [1.807, 2.05) is 0 Å². The number of carbonyl (C=O) groups excluding carboxylic acids is 1. The zero-order chi connectivity index (χ0) is 6.85. The Balaban J connectivity index is 2.67. The SMILES string of the molecule is O=C1[CH]N(O)CC(O)=C1. The van der Waals surface area contributed by atoms with Crippen LogP contribution in [0.5, 0.6) is 0 Å². The summed E-state index contributed by atoms with van der Waals surface area (Å²) in [6.07, 6.45) is 1.06. The minimum atomic E-state index is -0.402. The van der Waals surface area contributed by atoms with Crippen molar-refractivity contribution in [1.29, 1.82) is 0 Å². The fourth-order valence-electron chi connectivity index (χ4n) is 0.606. The van der Waals surface area contributed by atoms with Crippen LogP contribution >= 0.6 is 0 Å². The normalized spacial score (nSPS) is 21.9. The summed E-state index contributed by atoms with van der Waals surface area (Å²) in [6.45, 7) is 0.992. The van der Waals surface area contributed by atoms with Gasteiger partial charge in [-0.1, -0.05) is 0 Å². The summed E-state index contributed by atoms with van der Waals surface area (Å²) in [6, 6.07) is 0. The van der Waals surface area contributed by atoms with E-state index in [1.165, 1.54) is 0 Å². The summed E-state index contributed by atoms with van der Waals surface area (Å²) < 4.78 is 0. The van der Waals surface area contributed by atoms with Crippen LogP contribution in [0.25, 0.3) is 0 Å². The summed E-state index contributed by atoms with van der Waals surface area (Å²) in [7, 11) is 0. The number of carbonyl (C=O) groups is 1. The van der Waals surface area contributed by atoms with Crippen LogP contribution in [0.4, 0.5) is 0 Å². The molecule has 0 bridgehead atoms. The lowest BCUT2D eigenvalue weighted by Gasteiger charge is -2.15. The van der Waals surface area contributed by atoms with Crippen LogP contribution < -0.4 is 0 Å². The number of aliphatic hydroxyl groups excluding tert-OH is 1. The van der Waals surface area contributed by atoms with Crippen molar-refractivity contribution >= 4 is 5.78 Å². The van der Waals surface area contributed by atoms with Crippen molar-refractivity contribution in [3.05, 3.63) is 18.4 Å². The van der Waals surface area contributed by atoms with Gasteiger partial charge in [0.25, 0.3) is 0 Å². The van der Waals surface area contributed by atoms with E-state index in [-0.39, 0.29) is 12.3 Å². The molecule has 1 rings (SSSR count). The molecular weight excluding hydrogens is 122 g/mol. The monoisotopic (exact) mass is 128 g/mol. The molecule has 49 valence electrons. The van der Waals surface area contributed by atoms with Gasteiger partial charge in [-0.15, -0.1) is 0 Å². The Morgan fingerprint density at radius 1 is 1.67 bits per heavy atom. The average molecular weight is 128 g/mol. The molecule has 0 aliphatic carbocycles. The maximum atomic E-state index is 10.4. The zero-order valence-corrected chi connectivity index (χ0v) is 4.61. The number of ketones is 1. The summed E-state index contributed by atoms with van der Waals surface area (Å²) in [5, 5.41) is 17.9. The summed E-state index contributed by atoms with van der Waals surface area (Å²) in [4.78, 5) is 10.4. The van der Waals surface area contributed by atoms with Gasteiger partial charge in [0, 0.05) is 6.08 Å². The molecule has 0 aromatic rings. The largest absolute Gasteiger partial charge is 0.511 e. The first-order valence-corrected chi connectivity index (χ1v) is 2.42. The maximum Gasteiger partial charge on any atom is 0.180 e. The Labute approximate surface area is 52.0 Å². The maximum absolute atomic E-state index is 10.4. The second-order valence-electron chi connectivity index (χ2n) is 1.76. The minimum absolute atomic E-state index is 0.00819. The molecule has 0 amide bonds. The van der Waals surface area contributed by atoms with Gasteiger partial charge in [0.2, 0.25) is 0 Å². The Morgan fingerprint density at radius 3 is 2.78 bits per heavy atom. The van der Waals surface area contributed by atoms with Crippen molar-refractivity contribution < 1.29 is 15.1 Å². The molecule has 0 saturated carbocycles. The second kappa shape index (κ2) is 2.16. The smallest absolute Gasteiger partial charge is 0.180 e. The first kappa shape index (κ1) is 6.25. The van der Waals surface area contributed by atoms with Gasteiger partial charge in [-0.05, 0) is 0 Å². The van der Waals surface area contributed by atoms with Crippen molar-refractivity contribution in [3.63, 3.8) is 0 Å². The van der Waals surface area contributed by atoms with Crippen LogP contribution in [-0.2, 0) is 4.79 Å². The third-order valence-corrected chi connectivity index (χ3v) is 0.909. The third-order valence-electron chi connectivity index (χ3n) is 0.909. The third kappa shape index (κ3) is 1.51. The second-order valence-corrected chi connectivity index (χ2v) is 1.76. The standard InChI is InChI=1S/C5H6NO3/c7-4-1-5(8)3-6(9)2-4/h1-2,8-9H,3H2. The van der Waals surface area contributed by atoms with Crippen molar-refractivity contribution in [2.45, 2.75) is 0 Å². The Morgan fingerprint density at radius 2 is 2.33 bits per heavy atom. The molecule has 1 aliphatic heterocycles. The average Bonchev–Trinajstić information content (AvgIpc) is 1.59. The van der Waals surface area contributed by atoms with E-state index in [0.717, 1.165) is 12.6 Å². The Hall–Kier alpha value is -0.870. The summed E-state index contributed by atoms with van der Waals surface area (Å²) >= 11 is 0. The highest BCUT2D eigenvalue weighted by Crippen LogP contribution is 2.03. The van der Waals surface area contributed by atoms with Crippen molar-refractivity contribution in [2.75, 3.05) is 6.54 Å². The minimum Gasteiger partial charge on any atom is -0.511 e. The number of hydrogen-bond donors (Lipinski definition) is 2. The molecule has 0 unspecified atom stereocenters. The number of rotatable bonds is 0. The molecule has 2 N–H and O–H groups in total. The van der Waals surface area contributed by atoms with E-state index >= 15 is 0 Å². The predicted octanol–water partition coefficient (Wildman–Crippen LogP) is -0.136. The van der Waals surface area contributed by atoms with E-state index in [1.54, 1.807) is 0 Å². The van der Waals surface area contributed by atoms with Gasteiger partial charge in [-0.3, -0.25) is 4.79 Å². The van der Waals surface area contributed by atoms with E-state index in [0.29, 0.717) is 5.06 Å². The lowest BCUT2D eigenvalue weighted by atomic mass is 10.2. The van der Waals surface area contributed by atoms with Gasteiger partial charge in [-0.2, -0.15) is 5.06 Å². The first-order valence-electron chi connectivity index (χ1n) is 2.42. The molecule has 4 heteroatoms. The van der Waals surface area contributed by atoms with Crippen molar-refractivity contribution in [1.82, 2.24) is 5.06 Å². The lowest BCUT2D eigenvalue weighted by Crippen LogP contribution is -2.27. The van der Waals surface area contributed by atoms with E-state index in [4.69, 9.17) is 10.3 Å². The van der Waals surface area contributed by atoms with Gasteiger partial charge in [0.15, 0.2) is 5.78 Å². The molecule has 1 aliphatic rings. The number of nitrogens with zero attached hydrogens (tertiary/aromatic N) is 1. The summed E-state index contributed by atoms with van der Waals surface area (Å²) in [5.41, 5.74) is 0. The van der Waals surface area contributed by atoms with Gasteiger partial charge in [0.1, 0.15) is 12.3 Å². The van der Waals surface area contributed by atoms with Crippen LogP contribution in [0.3, 0.4) is 0 Å². The molecule has 0 aromatic heterocycles. The molecule has 0 atom stereocenters. The molecule has 0 fully saturated rings. The lowest BCUT2D eigenvalue weighted by molar-refractivity contribution is -0.124. The summed E-state index contributed by atoms with van der Waals surface area (Å²) in [5.74, 6) is -0.522. The van der Waals surface area contributed by atoms with Crippen molar-refractivity contribution in [3.8, 4) is 0 Å². The molecule has 0 spiro atoms. The Bertz CT molecular complexity index is 164. The number of aliphatic hydroxyl groups is 1. The van der Waals surface area contributed by atoms with E-state index in [2.05, 4.69) is 0 Å². The molecule has 1 radical (unpaired) electrons. The fourth-order valence-corrected chi connectivity index (χ4v) is 0.606. The van der Waals surface area contributed by atoms with E-state index in [9.17, 15) is 4.79 Å². The Kier molecular flexibility index (Phi) is 1.50. The van der Waals surface area contributed by atoms with Gasteiger partial charge >= 0.3 is 0 Å². The number of hydrogen-bond acceptors (Lipinski definition) is 4. The molecule has 0 saturated heterocycles. The van der Waals surface area contributed by atoms with Gasteiger partial charge in [0.05, 0.1) is 6.54 Å². The van der Waals surface area contributed by atoms with Gasteiger partial charge < -0.3 is 10.3 Å². The van der Waals surface area contributed by atoms with Crippen LogP contribution in [-0.4, -0.2) is 27.7 Å². The highest BCUT2D eigenvalue weighted by molar-refractivity contribution is 5.97. The molecule has 0 aromatic carbocycles. The van der Waals surface area contributed by atoms with Crippen LogP contribution in [0.1, 0.15) is 0 Å². The van der Waals surface area contributed by atoms with Crippen molar-refractivity contribution in [2.24, 2.45) is 0 Å². The predicted molar refractivity (Wildman–Crippen MR) is 28.5 cm³/mol. The molecule has 1 heterocycles. The highest BCUT2D eigenvalue weighted by Gasteiger charge is 2.15. The fraction of sp³-hybridized carbons (Fsp3) is 0.200. The van der Waals surface area contributed by atoms with Gasteiger partial charge in [-0.25, -0.2) is 0 Å². The quantitative estimate of drug-likeness (QED) is 0.476. The van der Waals surface area contributed by atoms with Crippen LogP contribution in [0, 0.1) is 6.54 Å². The topological polar surface area (TPSA) is 60.8 Å². The van der Waals surface area contributed by atoms with Crippen LogP contribution in [0.2, 0.25) is 0 Å². The number of hydroxylamine groups is 2. The van der Waals surface area contributed by atoms with Crippen LogP contribution in [0.15, 0.2) is 11.8 Å². The highest BCUT2D eigenvalue weighted by atomic mass is 16.5. The first-order chi connectivity index (χ1) is 4.18.